The predicted octanol–water partition coefficient (Wildman–Crippen LogP) is 3.13. The lowest BCUT2D eigenvalue weighted by Gasteiger charge is -2.20. The van der Waals surface area contributed by atoms with Gasteiger partial charge in [-0.1, -0.05) is 11.6 Å². The van der Waals surface area contributed by atoms with E-state index in [1.54, 1.807) is 18.2 Å². The lowest BCUT2D eigenvalue weighted by molar-refractivity contribution is 0.890. The Morgan fingerprint density at radius 2 is 2.10 bits per heavy atom. The maximum Gasteiger partial charge on any atom is 0.146 e. The van der Waals surface area contributed by atoms with Gasteiger partial charge in [-0.3, -0.25) is 0 Å². The van der Waals surface area contributed by atoms with Crippen molar-refractivity contribution in [3.63, 3.8) is 0 Å². The molecule has 0 atom stereocenters. The number of aromatic nitrogens is 1. The number of hydrogen-bond donors (Lipinski definition) is 1. The molecule has 0 radical (unpaired) electrons. The van der Waals surface area contributed by atoms with Gasteiger partial charge in [0.15, 0.2) is 0 Å². The van der Waals surface area contributed by atoms with Crippen LogP contribution in [0.15, 0.2) is 30.3 Å². The van der Waals surface area contributed by atoms with Gasteiger partial charge in [0.2, 0.25) is 0 Å². The molecule has 5 heteroatoms. The van der Waals surface area contributed by atoms with Crippen LogP contribution in [0.2, 0.25) is 5.02 Å². The summed E-state index contributed by atoms with van der Waals surface area (Å²) in [5, 5.41) is 9.81. The van der Waals surface area contributed by atoms with Crippen molar-refractivity contribution < 1.29 is 0 Å². The second kappa shape index (κ2) is 5.81. The molecule has 0 unspecified atom stereocenters. The molecule has 2 rings (SSSR count). The lowest BCUT2D eigenvalue weighted by Crippen LogP contribution is -2.19. The number of aryl methyl sites for hydroxylation is 1. The minimum atomic E-state index is 0.537. The van der Waals surface area contributed by atoms with Crippen LogP contribution in [0.25, 0.3) is 0 Å². The second-order valence-electron chi connectivity index (χ2n) is 4.64. The second-order valence-corrected chi connectivity index (χ2v) is 5.05. The Labute approximate surface area is 123 Å². The summed E-state index contributed by atoms with van der Waals surface area (Å²) in [7, 11) is 1.88. The number of nitrogens with zero attached hydrogens (tertiary/aromatic N) is 3. The highest BCUT2D eigenvalue weighted by Crippen LogP contribution is 2.23. The van der Waals surface area contributed by atoms with Crippen molar-refractivity contribution in [3.8, 4) is 6.07 Å². The quantitative estimate of drug-likeness (QED) is 0.880. The summed E-state index contributed by atoms with van der Waals surface area (Å²) < 4.78 is 0. The first-order chi connectivity index (χ1) is 9.51. The van der Waals surface area contributed by atoms with Crippen LogP contribution in [-0.2, 0) is 6.54 Å². The molecule has 1 aromatic heterocycles. The number of rotatable bonds is 3. The van der Waals surface area contributed by atoms with Crippen molar-refractivity contribution in [2.75, 3.05) is 17.7 Å². The molecular weight excluding hydrogens is 272 g/mol. The molecule has 20 heavy (non-hydrogen) atoms. The van der Waals surface area contributed by atoms with Crippen molar-refractivity contribution in [2.45, 2.75) is 13.5 Å². The monoisotopic (exact) mass is 286 g/mol. The molecule has 0 bridgehead atoms. The van der Waals surface area contributed by atoms with E-state index in [9.17, 15) is 0 Å². The molecule has 0 aliphatic rings. The highest BCUT2D eigenvalue weighted by molar-refractivity contribution is 6.31. The third-order valence-electron chi connectivity index (χ3n) is 2.97. The summed E-state index contributed by atoms with van der Waals surface area (Å²) >= 11 is 6.17. The standard InChI is InChI=1S/C15H15ClN4/c1-10-3-4-11(8-17)15(19-10)20(2)9-12-7-13(18)5-6-14(12)16/h3-7H,9,18H2,1-2H3. The van der Waals surface area contributed by atoms with Gasteiger partial charge in [0.05, 0.1) is 5.56 Å². The number of halogens is 1. The van der Waals surface area contributed by atoms with Crippen LogP contribution in [0.1, 0.15) is 16.8 Å². The Morgan fingerprint density at radius 3 is 2.80 bits per heavy atom. The topological polar surface area (TPSA) is 65.9 Å². The zero-order chi connectivity index (χ0) is 14.7. The summed E-state index contributed by atoms with van der Waals surface area (Å²) in [6.45, 7) is 2.43. The molecule has 2 N–H and O–H groups in total. The van der Waals surface area contributed by atoms with Gasteiger partial charge in [0.25, 0.3) is 0 Å². The van der Waals surface area contributed by atoms with Gasteiger partial charge in [0, 0.05) is 30.0 Å². The molecule has 0 aliphatic carbocycles. The summed E-state index contributed by atoms with van der Waals surface area (Å²) in [5.41, 5.74) is 8.75. The minimum Gasteiger partial charge on any atom is -0.399 e. The number of hydrogen-bond acceptors (Lipinski definition) is 4. The number of nitrogen functional groups attached to an aromatic ring is 1. The Bertz CT molecular complexity index is 676. The number of benzene rings is 1. The Balaban J connectivity index is 2.33. The number of anilines is 2. The molecule has 1 heterocycles. The van der Waals surface area contributed by atoms with E-state index in [4.69, 9.17) is 22.6 Å². The van der Waals surface area contributed by atoms with E-state index in [0.29, 0.717) is 28.6 Å². The van der Waals surface area contributed by atoms with Crippen LogP contribution < -0.4 is 10.6 Å². The predicted molar refractivity (Wildman–Crippen MR) is 81.7 cm³/mol. The van der Waals surface area contributed by atoms with Gasteiger partial charge >= 0.3 is 0 Å². The SMILES string of the molecule is Cc1ccc(C#N)c(N(C)Cc2cc(N)ccc2Cl)n1. The molecule has 2 aromatic rings. The number of nitriles is 1. The summed E-state index contributed by atoms with van der Waals surface area (Å²) in [6, 6.07) is 11.1. The molecule has 0 aliphatic heterocycles. The molecule has 0 spiro atoms. The van der Waals surface area contributed by atoms with Gasteiger partial charge in [-0.25, -0.2) is 4.98 Å². The fourth-order valence-corrected chi connectivity index (χ4v) is 2.14. The highest BCUT2D eigenvalue weighted by Gasteiger charge is 2.11. The zero-order valence-electron chi connectivity index (χ0n) is 11.4. The smallest absolute Gasteiger partial charge is 0.146 e. The Hall–Kier alpha value is -2.25. The third-order valence-corrected chi connectivity index (χ3v) is 3.34. The molecule has 0 saturated carbocycles. The van der Waals surface area contributed by atoms with Gasteiger partial charge < -0.3 is 10.6 Å². The first-order valence-corrected chi connectivity index (χ1v) is 6.52. The van der Waals surface area contributed by atoms with Gasteiger partial charge in [0.1, 0.15) is 11.9 Å². The van der Waals surface area contributed by atoms with Gasteiger partial charge in [-0.2, -0.15) is 5.26 Å². The molecule has 0 fully saturated rings. The van der Waals surface area contributed by atoms with Crippen LogP contribution in [-0.4, -0.2) is 12.0 Å². The van der Waals surface area contributed by atoms with Crippen molar-refractivity contribution in [2.24, 2.45) is 0 Å². The van der Waals surface area contributed by atoms with E-state index in [1.807, 2.05) is 31.0 Å². The Morgan fingerprint density at radius 1 is 1.35 bits per heavy atom. The number of nitrogens with two attached hydrogens (primary N) is 1. The van der Waals surface area contributed by atoms with Crippen LogP contribution in [0, 0.1) is 18.3 Å². The molecule has 0 saturated heterocycles. The average molecular weight is 287 g/mol. The molecule has 1 aromatic carbocycles. The molecule has 0 amide bonds. The van der Waals surface area contributed by atoms with Crippen LogP contribution >= 0.6 is 11.6 Å². The normalized spacial score (nSPS) is 10.1. The highest BCUT2D eigenvalue weighted by atomic mass is 35.5. The van der Waals surface area contributed by atoms with Crippen LogP contribution in [0.5, 0.6) is 0 Å². The van der Waals surface area contributed by atoms with E-state index in [0.717, 1.165) is 11.3 Å². The van der Waals surface area contributed by atoms with Crippen LogP contribution in [0.4, 0.5) is 11.5 Å². The van der Waals surface area contributed by atoms with E-state index in [2.05, 4.69) is 11.1 Å². The average Bonchev–Trinajstić information content (AvgIpc) is 2.42. The maximum absolute atomic E-state index is 9.16. The fourth-order valence-electron chi connectivity index (χ4n) is 1.97. The van der Waals surface area contributed by atoms with Gasteiger partial charge in [-0.15, -0.1) is 0 Å². The Kier molecular flexibility index (Phi) is 4.11. The lowest BCUT2D eigenvalue weighted by atomic mass is 10.1. The number of pyridine rings is 1. The van der Waals surface area contributed by atoms with E-state index < -0.39 is 0 Å². The van der Waals surface area contributed by atoms with Crippen molar-refractivity contribution in [1.82, 2.24) is 4.98 Å². The van der Waals surface area contributed by atoms with Crippen LogP contribution in [0.3, 0.4) is 0 Å². The van der Waals surface area contributed by atoms with Gasteiger partial charge in [-0.05, 0) is 42.8 Å². The summed E-state index contributed by atoms with van der Waals surface area (Å²) in [6.07, 6.45) is 0. The van der Waals surface area contributed by atoms with Crippen molar-refractivity contribution >= 4 is 23.1 Å². The van der Waals surface area contributed by atoms with E-state index in [1.165, 1.54) is 0 Å². The molecular formula is C15H15ClN4. The summed E-state index contributed by atoms with van der Waals surface area (Å²) in [5.74, 6) is 0.644. The summed E-state index contributed by atoms with van der Waals surface area (Å²) in [4.78, 5) is 6.32. The fraction of sp³-hybridized carbons (Fsp3) is 0.200. The third kappa shape index (κ3) is 3.01. The van der Waals surface area contributed by atoms with E-state index >= 15 is 0 Å². The minimum absolute atomic E-state index is 0.537. The first-order valence-electron chi connectivity index (χ1n) is 6.14. The first kappa shape index (κ1) is 14.2. The molecule has 102 valence electrons. The van der Waals surface area contributed by atoms with Crippen molar-refractivity contribution in [1.29, 1.82) is 5.26 Å². The zero-order valence-corrected chi connectivity index (χ0v) is 12.1. The maximum atomic E-state index is 9.16. The van der Waals surface area contributed by atoms with Crippen molar-refractivity contribution in [3.05, 3.63) is 52.2 Å². The largest absolute Gasteiger partial charge is 0.399 e. The van der Waals surface area contributed by atoms with E-state index in [-0.39, 0.29) is 0 Å². The molecule has 4 nitrogen and oxygen atoms in total.